The molecule has 1 N–H and O–H groups in total. The average molecular weight is 308 g/mol. The maximum Gasteiger partial charge on any atom is 0.115 e. The van der Waals surface area contributed by atoms with Crippen LogP contribution in [0.5, 0.6) is 0 Å². The summed E-state index contributed by atoms with van der Waals surface area (Å²) in [4.78, 5) is 4.78. The summed E-state index contributed by atoms with van der Waals surface area (Å²) in [5.74, 6) is 0.452. The van der Waals surface area contributed by atoms with Crippen LogP contribution in [-0.4, -0.2) is 35.0 Å². The molecule has 1 atom stereocenters. The molecule has 2 heterocycles. The third-order valence-electron chi connectivity index (χ3n) is 3.34. The van der Waals surface area contributed by atoms with E-state index in [0.717, 1.165) is 29.4 Å². The standard InChI is InChI=1S/C15H24N4OS/c1-5-19-9-12(8-17-19)14(16-6-7-20-4)15-18-13(10-21-15)11(2)3/h8-11,14,16H,5-7H2,1-4H3. The van der Waals surface area contributed by atoms with Gasteiger partial charge in [-0.25, -0.2) is 4.98 Å². The smallest absolute Gasteiger partial charge is 0.115 e. The predicted octanol–water partition coefficient (Wildman–Crippen LogP) is 2.81. The summed E-state index contributed by atoms with van der Waals surface area (Å²) < 4.78 is 7.08. The molecule has 0 aromatic carbocycles. The monoisotopic (exact) mass is 308 g/mol. The molecule has 2 aromatic rings. The zero-order chi connectivity index (χ0) is 15.2. The van der Waals surface area contributed by atoms with Gasteiger partial charge in [0.25, 0.3) is 0 Å². The van der Waals surface area contributed by atoms with Crippen LogP contribution in [-0.2, 0) is 11.3 Å². The minimum absolute atomic E-state index is 0.0814. The summed E-state index contributed by atoms with van der Waals surface area (Å²) >= 11 is 1.70. The van der Waals surface area contributed by atoms with Gasteiger partial charge in [-0.3, -0.25) is 4.68 Å². The Kier molecular flexibility index (Phi) is 5.90. The van der Waals surface area contributed by atoms with Crippen LogP contribution in [0.15, 0.2) is 17.8 Å². The van der Waals surface area contributed by atoms with Crippen LogP contribution in [0.3, 0.4) is 0 Å². The first-order valence-electron chi connectivity index (χ1n) is 7.35. The van der Waals surface area contributed by atoms with Gasteiger partial charge in [0.2, 0.25) is 0 Å². The maximum atomic E-state index is 5.13. The molecule has 0 amide bonds. The largest absolute Gasteiger partial charge is 0.383 e. The maximum absolute atomic E-state index is 5.13. The fourth-order valence-corrected chi connectivity index (χ4v) is 3.13. The van der Waals surface area contributed by atoms with E-state index in [2.05, 4.69) is 42.8 Å². The number of hydrogen-bond donors (Lipinski definition) is 1. The quantitative estimate of drug-likeness (QED) is 0.762. The van der Waals surface area contributed by atoms with Crippen molar-refractivity contribution in [1.29, 1.82) is 0 Å². The molecule has 2 aromatic heterocycles. The molecular formula is C15H24N4OS. The predicted molar refractivity (Wildman–Crippen MR) is 85.8 cm³/mol. The molecule has 0 saturated carbocycles. The summed E-state index contributed by atoms with van der Waals surface area (Å²) in [6, 6.07) is 0.0814. The van der Waals surface area contributed by atoms with Crippen molar-refractivity contribution >= 4 is 11.3 Å². The Morgan fingerprint density at radius 2 is 2.24 bits per heavy atom. The van der Waals surface area contributed by atoms with Crippen LogP contribution in [0.4, 0.5) is 0 Å². The van der Waals surface area contributed by atoms with E-state index in [1.165, 1.54) is 0 Å². The van der Waals surface area contributed by atoms with E-state index < -0.39 is 0 Å². The van der Waals surface area contributed by atoms with Gasteiger partial charge in [-0.05, 0) is 12.8 Å². The van der Waals surface area contributed by atoms with E-state index in [9.17, 15) is 0 Å². The lowest BCUT2D eigenvalue weighted by atomic mass is 10.1. The molecule has 0 aliphatic carbocycles. The third kappa shape index (κ3) is 4.12. The zero-order valence-corrected chi connectivity index (χ0v) is 14.0. The lowest BCUT2D eigenvalue weighted by Crippen LogP contribution is -2.25. The average Bonchev–Trinajstić information content (AvgIpc) is 3.13. The number of hydrogen-bond acceptors (Lipinski definition) is 5. The molecule has 116 valence electrons. The van der Waals surface area contributed by atoms with Gasteiger partial charge in [0.05, 0.1) is 24.5 Å². The molecule has 0 spiro atoms. The molecule has 0 aliphatic heterocycles. The molecule has 0 radical (unpaired) electrons. The van der Waals surface area contributed by atoms with Gasteiger partial charge in [0.15, 0.2) is 0 Å². The second-order valence-electron chi connectivity index (χ2n) is 5.27. The van der Waals surface area contributed by atoms with Crippen molar-refractivity contribution in [1.82, 2.24) is 20.1 Å². The molecule has 2 rings (SSSR count). The second kappa shape index (κ2) is 7.68. The number of nitrogens with zero attached hydrogens (tertiary/aromatic N) is 3. The first kappa shape index (κ1) is 16.1. The molecule has 5 nitrogen and oxygen atoms in total. The zero-order valence-electron chi connectivity index (χ0n) is 13.2. The van der Waals surface area contributed by atoms with E-state index >= 15 is 0 Å². The Bertz CT molecular complexity index is 549. The number of ether oxygens (including phenoxy) is 1. The lowest BCUT2D eigenvalue weighted by Gasteiger charge is -2.14. The molecule has 0 bridgehead atoms. The molecule has 0 fully saturated rings. The summed E-state index contributed by atoms with van der Waals surface area (Å²) in [5, 5.41) is 11.1. The van der Waals surface area contributed by atoms with Crippen molar-refractivity contribution in [2.75, 3.05) is 20.3 Å². The second-order valence-corrected chi connectivity index (χ2v) is 6.16. The van der Waals surface area contributed by atoms with Gasteiger partial charge < -0.3 is 10.1 Å². The third-order valence-corrected chi connectivity index (χ3v) is 4.27. The Morgan fingerprint density at radius 3 is 2.81 bits per heavy atom. The van der Waals surface area contributed by atoms with E-state index in [1.807, 2.05) is 10.9 Å². The minimum atomic E-state index is 0.0814. The Morgan fingerprint density at radius 1 is 1.43 bits per heavy atom. The fraction of sp³-hybridized carbons (Fsp3) is 0.600. The van der Waals surface area contributed by atoms with Crippen LogP contribution >= 0.6 is 11.3 Å². The topological polar surface area (TPSA) is 52.0 Å². The molecule has 21 heavy (non-hydrogen) atoms. The van der Waals surface area contributed by atoms with Gasteiger partial charge >= 0.3 is 0 Å². The molecular weight excluding hydrogens is 284 g/mol. The van der Waals surface area contributed by atoms with Gasteiger partial charge in [0.1, 0.15) is 5.01 Å². The highest BCUT2D eigenvalue weighted by Gasteiger charge is 2.19. The van der Waals surface area contributed by atoms with E-state index in [0.29, 0.717) is 12.5 Å². The lowest BCUT2D eigenvalue weighted by molar-refractivity contribution is 0.197. The Labute approximate surface area is 130 Å². The number of methoxy groups -OCH3 is 1. The molecule has 1 unspecified atom stereocenters. The van der Waals surface area contributed by atoms with Crippen LogP contribution in [0.2, 0.25) is 0 Å². The van der Waals surface area contributed by atoms with Crippen molar-refractivity contribution in [3.05, 3.63) is 34.0 Å². The van der Waals surface area contributed by atoms with E-state index in [4.69, 9.17) is 9.72 Å². The van der Waals surface area contributed by atoms with Crippen LogP contribution in [0.1, 0.15) is 49.0 Å². The van der Waals surface area contributed by atoms with Crippen molar-refractivity contribution in [2.45, 2.75) is 39.3 Å². The highest BCUT2D eigenvalue weighted by atomic mass is 32.1. The highest BCUT2D eigenvalue weighted by Crippen LogP contribution is 2.27. The number of nitrogens with one attached hydrogen (secondary N) is 1. The number of rotatable bonds is 8. The van der Waals surface area contributed by atoms with Crippen LogP contribution in [0.25, 0.3) is 0 Å². The summed E-state index contributed by atoms with van der Waals surface area (Å²) in [6.45, 7) is 8.77. The summed E-state index contributed by atoms with van der Waals surface area (Å²) in [7, 11) is 1.71. The first-order valence-corrected chi connectivity index (χ1v) is 8.23. The van der Waals surface area contributed by atoms with Gasteiger partial charge in [-0.1, -0.05) is 13.8 Å². The Hall–Kier alpha value is -1.24. The number of aromatic nitrogens is 3. The first-order chi connectivity index (χ1) is 10.2. The van der Waals surface area contributed by atoms with Crippen LogP contribution < -0.4 is 5.32 Å². The number of thiazole rings is 1. The Balaban J connectivity index is 2.21. The minimum Gasteiger partial charge on any atom is -0.383 e. The van der Waals surface area contributed by atoms with Gasteiger partial charge in [0, 0.05) is 37.3 Å². The summed E-state index contributed by atoms with van der Waals surface area (Å²) in [5.41, 5.74) is 2.30. The normalized spacial score (nSPS) is 13.0. The van der Waals surface area contributed by atoms with Gasteiger partial charge in [-0.2, -0.15) is 5.10 Å². The summed E-state index contributed by atoms with van der Waals surface area (Å²) in [6.07, 6.45) is 4.01. The molecule has 0 aliphatic rings. The van der Waals surface area contributed by atoms with Gasteiger partial charge in [-0.15, -0.1) is 11.3 Å². The number of aryl methyl sites for hydroxylation is 1. The fourth-order valence-electron chi connectivity index (χ4n) is 2.05. The van der Waals surface area contributed by atoms with E-state index in [-0.39, 0.29) is 6.04 Å². The van der Waals surface area contributed by atoms with Crippen molar-refractivity contribution in [3.63, 3.8) is 0 Å². The van der Waals surface area contributed by atoms with Crippen LogP contribution in [0, 0.1) is 0 Å². The molecule has 6 heteroatoms. The molecule has 0 saturated heterocycles. The van der Waals surface area contributed by atoms with Crippen molar-refractivity contribution in [2.24, 2.45) is 0 Å². The van der Waals surface area contributed by atoms with E-state index in [1.54, 1.807) is 18.4 Å². The SMILES string of the molecule is CCn1cc(C(NCCOC)c2nc(C(C)C)cs2)cn1. The van der Waals surface area contributed by atoms with Crippen molar-refractivity contribution in [3.8, 4) is 0 Å². The van der Waals surface area contributed by atoms with Crippen molar-refractivity contribution < 1.29 is 4.74 Å². The highest BCUT2D eigenvalue weighted by molar-refractivity contribution is 7.09.